The van der Waals surface area contributed by atoms with Crippen molar-refractivity contribution in [3.63, 3.8) is 0 Å². The van der Waals surface area contributed by atoms with Gasteiger partial charge in [0.25, 0.3) is 0 Å². The van der Waals surface area contributed by atoms with Crippen LogP contribution in [0, 0.1) is 0 Å². The maximum absolute atomic E-state index is 12.6. The van der Waals surface area contributed by atoms with Crippen LogP contribution in [0.25, 0.3) is 11.1 Å². The van der Waals surface area contributed by atoms with E-state index in [4.69, 9.17) is 25.8 Å². The first kappa shape index (κ1) is 23.4. The van der Waals surface area contributed by atoms with Crippen LogP contribution in [-0.4, -0.2) is 44.0 Å². The number of carboxylic acid groups (broad SMARTS) is 1. The molecule has 0 fully saturated rings. The highest BCUT2D eigenvalue weighted by Gasteiger charge is 2.30. The molecular formula is C26H24ClNO6. The minimum absolute atomic E-state index is 0.0698. The van der Waals surface area contributed by atoms with Gasteiger partial charge in [-0.1, -0.05) is 60.1 Å². The maximum Gasteiger partial charge on any atom is 0.407 e. The number of carboxylic acids is 1. The Morgan fingerprint density at radius 2 is 1.62 bits per heavy atom. The lowest BCUT2D eigenvalue weighted by Gasteiger charge is -2.19. The Balaban J connectivity index is 1.47. The average Bonchev–Trinajstić information content (AvgIpc) is 3.15. The second kappa shape index (κ2) is 10.1. The molecule has 1 amide bonds. The van der Waals surface area contributed by atoms with E-state index in [9.17, 15) is 14.7 Å². The summed E-state index contributed by atoms with van der Waals surface area (Å²) in [7, 11) is 2.91. The molecular weight excluding hydrogens is 458 g/mol. The van der Waals surface area contributed by atoms with Crippen LogP contribution in [0.3, 0.4) is 0 Å². The van der Waals surface area contributed by atoms with Gasteiger partial charge in [0.2, 0.25) is 0 Å². The lowest BCUT2D eigenvalue weighted by atomic mass is 9.98. The van der Waals surface area contributed by atoms with Crippen molar-refractivity contribution in [3.8, 4) is 22.6 Å². The van der Waals surface area contributed by atoms with Crippen molar-refractivity contribution in [1.82, 2.24) is 5.32 Å². The van der Waals surface area contributed by atoms with E-state index in [1.54, 1.807) is 12.1 Å². The molecule has 176 valence electrons. The lowest BCUT2D eigenvalue weighted by molar-refractivity contribution is -0.139. The van der Waals surface area contributed by atoms with Crippen molar-refractivity contribution in [2.75, 3.05) is 20.8 Å². The Bertz CT molecular complexity index is 1180. The van der Waals surface area contributed by atoms with Gasteiger partial charge in [0, 0.05) is 29.0 Å². The lowest BCUT2D eigenvalue weighted by Crippen LogP contribution is -2.43. The maximum atomic E-state index is 12.6. The van der Waals surface area contributed by atoms with E-state index in [1.165, 1.54) is 14.2 Å². The molecule has 2 N–H and O–H groups in total. The number of amides is 1. The molecule has 1 aliphatic rings. The highest BCUT2D eigenvalue weighted by molar-refractivity contribution is 6.30. The Labute approximate surface area is 202 Å². The van der Waals surface area contributed by atoms with E-state index in [1.807, 2.05) is 48.5 Å². The number of carbonyl (C=O) groups excluding carboxylic acids is 1. The van der Waals surface area contributed by atoms with Crippen LogP contribution in [0.15, 0.2) is 60.7 Å². The molecule has 1 atom stereocenters. The van der Waals surface area contributed by atoms with Crippen molar-refractivity contribution in [2.45, 2.75) is 18.4 Å². The van der Waals surface area contributed by atoms with Crippen LogP contribution in [0.5, 0.6) is 11.5 Å². The summed E-state index contributed by atoms with van der Waals surface area (Å²) in [5.74, 6) is -0.615. The van der Waals surface area contributed by atoms with Gasteiger partial charge in [0.15, 0.2) is 11.5 Å². The predicted molar refractivity (Wildman–Crippen MR) is 128 cm³/mol. The molecule has 7 nitrogen and oxygen atoms in total. The fourth-order valence-electron chi connectivity index (χ4n) is 4.36. The normalized spacial score (nSPS) is 12.9. The number of hydrogen-bond acceptors (Lipinski definition) is 5. The largest absolute Gasteiger partial charge is 0.493 e. The first-order valence-corrected chi connectivity index (χ1v) is 11.1. The zero-order valence-electron chi connectivity index (χ0n) is 18.7. The van der Waals surface area contributed by atoms with Gasteiger partial charge in [0.1, 0.15) is 12.6 Å². The summed E-state index contributed by atoms with van der Waals surface area (Å²) in [6, 6.07) is 17.9. The summed E-state index contributed by atoms with van der Waals surface area (Å²) in [4.78, 5) is 24.5. The van der Waals surface area contributed by atoms with Gasteiger partial charge in [-0.15, -0.1) is 0 Å². The van der Waals surface area contributed by atoms with E-state index < -0.39 is 18.1 Å². The van der Waals surface area contributed by atoms with Gasteiger partial charge < -0.3 is 24.6 Å². The highest BCUT2D eigenvalue weighted by Crippen LogP contribution is 2.44. The molecule has 0 aliphatic heterocycles. The molecule has 3 aromatic rings. The third kappa shape index (κ3) is 4.65. The zero-order chi connectivity index (χ0) is 24.2. The summed E-state index contributed by atoms with van der Waals surface area (Å²) >= 11 is 6.14. The smallest absolute Gasteiger partial charge is 0.407 e. The molecule has 0 radical (unpaired) electrons. The Morgan fingerprint density at radius 3 is 2.18 bits per heavy atom. The Kier molecular flexibility index (Phi) is 6.93. The molecule has 34 heavy (non-hydrogen) atoms. The second-order valence-electron chi connectivity index (χ2n) is 7.87. The second-order valence-corrected chi connectivity index (χ2v) is 8.30. The molecule has 1 aliphatic carbocycles. The quantitative estimate of drug-likeness (QED) is 0.475. The molecule has 0 saturated carbocycles. The standard InChI is InChI=1S/C26H24ClNO6/c1-32-23-13-16(27)11-15(24(23)33-2)12-22(25(29)30)28-26(31)34-14-21-19-9-5-3-7-17(19)18-8-4-6-10-20(18)21/h3-11,13,21-22H,12,14H2,1-2H3,(H,28,31)(H,29,30). The minimum atomic E-state index is -1.26. The number of aliphatic carboxylic acids is 1. The molecule has 0 spiro atoms. The average molecular weight is 482 g/mol. The monoisotopic (exact) mass is 481 g/mol. The van der Waals surface area contributed by atoms with Gasteiger partial charge in [-0.25, -0.2) is 9.59 Å². The number of nitrogens with one attached hydrogen (secondary N) is 1. The number of alkyl carbamates (subject to hydrolysis) is 1. The number of fused-ring (bicyclic) bond motifs is 3. The summed E-state index contributed by atoms with van der Waals surface area (Å²) < 4.78 is 16.1. The minimum Gasteiger partial charge on any atom is -0.493 e. The van der Waals surface area contributed by atoms with Crippen molar-refractivity contribution >= 4 is 23.7 Å². The third-order valence-electron chi connectivity index (χ3n) is 5.88. The SMILES string of the molecule is COc1cc(Cl)cc(CC(NC(=O)OCC2c3ccccc3-c3ccccc32)C(=O)O)c1OC. The van der Waals surface area contributed by atoms with Crippen LogP contribution in [0.1, 0.15) is 22.6 Å². The number of hydrogen-bond donors (Lipinski definition) is 2. The summed E-state index contributed by atoms with van der Waals surface area (Å²) in [5.41, 5.74) is 4.84. The number of methoxy groups -OCH3 is 2. The fraction of sp³-hybridized carbons (Fsp3) is 0.231. The zero-order valence-corrected chi connectivity index (χ0v) is 19.5. The fourth-order valence-corrected chi connectivity index (χ4v) is 4.59. The molecule has 0 heterocycles. The van der Waals surface area contributed by atoms with Crippen LogP contribution in [0.4, 0.5) is 4.79 Å². The summed E-state index contributed by atoms with van der Waals surface area (Å²) in [5, 5.41) is 12.5. The molecule has 3 aromatic carbocycles. The van der Waals surface area contributed by atoms with E-state index in [0.717, 1.165) is 22.3 Å². The third-order valence-corrected chi connectivity index (χ3v) is 6.10. The molecule has 4 rings (SSSR count). The first-order valence-electron chi connectivity index (χ1n) is 10.7. The number of benzene rings is 3. The molecule has 8 heteroatoms. The van der Waals surface area contributed by atoms with Crippen molar-refractivity contribution in [1.29, 1.82) is 0 Å². The van der Waals surface area contributed by atoms with Gasteiger partial charge >= 0.3 is 12.1 Å². The van der Waals surface area contributed by atoms with Crippen LogP contribution < -0.4 is 14.8 Å². The topological polar surface area (TPSA) is 94.1 Å². The van der Waals surface area contributed by atoms with Gasteiger partial charge in [-0.05, 0) is 28.3 Å². The number of ether oxygens (including phenoxy) is 3. The van der Waals surface area contributed by atoms with Crippen LogP contribution >= 0.6 is 11.6 Å². The highest BCUT2D eigenvalue weighted by atomic mass is 35.5. The molecule has 0 saturated heterocycles. The summed E-state index contributed by atoms with van der Waals surface area (Å²) in [6.07, 6.45) is -0.887. The number of rotatable bonds is 8. The van der Waals surface area contributed by atoms with Crippen molar-refractivity contribution in [2.24, 2.45) is 0 Å². The van der Waals surface area contributed by atoms with E-state index in [2.05, 4.69) is 5.32 Å². The summed E-state index contributed by atoms with van der Waals surface area (Å²) in [6.45, 7) is 0.0838. The molecule has 0 aromatic heterocycles. The van der Waals surface area contributed by atoms with E-state index >= 15 is 0 Å². The number of carbonyl (C=O) groups is 2. The molecule has 0 bridgehead atoms. The first-order chi connectivity index (χ1) is 16.4. The van der Waals surface area contributed by atoms with Gasteiger partial charge in [-0.2, -0.15) is 0 Å². The van der Waals surface area contributed by atoms with Crippen LogP contribution in [-0.2, 0) is 16.0 Å². The number of halogens is 1. The van der Waals surface area contributed by atoms with E-state index in [-0.39, 0.29) is 18.9 Å². The Hall–Kier alpha value is -3.71. The Morgan fingerprint density at radius 1 is 1.00 bits per heavy atom. The van der Waals surface area contributed by atoms with Crippen LogP contribution in [0.2, 0.25) is 5.02 Å². The molecule has 1 unspecified atom stereocenters. The van der Waals surface area contributed by atoms with Crippen molar-refractivity contribution < 1.29 is 28.9 Å². The van der Waals surface area contributed by atoms with Gasteiger partial charge in [-0.3, -0.25) is 0 Å². The van der Waals surface area contributed by atoms with E-state index in [0.29, 0.717) is 22.1 Å². The van der Waals surface area contributed by atoms with Gasteiger partial charge in [0.05, 0.1) is 14.2 Å². The van der Waals surface area contributed by atoms with Crippen molar-refractivity contribution in [3.05, 3.63) is 82.4 Å². The predicted octanol–water partition coefficient (Wildman–Crippen LogP) is 4.89.